The minimum atomic E-state index is -1.00. The molecule has 5 nitrogen and oxygen atoms in total. The number of thiophene rings is 1. The number of pyridine rings is 1. The maximum atomic E-state index is 14.5. The predicted molar refractivity (Wildman–Crippen MR) is 120 cm³/mol. The van der Waals surface area contributed by atoms with E-state index in [2.05, 4.69) is 21.3 Å². The molecule has 0 aliphatic carbocycles. The second kappa shape index (κ2) is 11.3. The van der Waals surface area contributed by atoms with Crippen LogP contribution in [0, 0.1) is 11.2 Å². The van der Waals surface area contributed by atoms with Crippen LogP contribution in [0.25, 0.3) is 10.9 Å². The number of hydrogen-bond acceptors (Lipinski definition) is 7. The Balaban J connectivity index is 0.00000289. The van der Waals surface area contributed by atoms with Crippen LogP contribution in [0.1, 0.15) is 18.4 Å². The molecule has 1 aliphatic heterocycles. The third-order valence-electron chi connectivity index (χ3n) is 5.85. The van der Waals surface area contributed by atoms with Crippen LogP contribution in [-0.2, 0) is 11.2 Å². The van der Waals surface area contributed by atoms with E-state index in [1.54, 1.807) is 48.4 Å². The number of rotatable bonds is 10. The Morgan fingerprint density at radius 3 is 2.88 bits per heavy atom. The predicted octanol–water partition coefficient (Wildman–Crippen LogP) is 0.615. The van der Waals surface area contributed by atoms with E-state index in [1.165, 1.54) is 10.4 Å². The van der Waals surface area contributed by atoms with Crippen molar-refractivity contribution in [3.05, 3.63) is 53.3 Å². The van der Waals surface area contributed by atoms with Crippen molar-refractivity contribution in [1.82, 2.24) is 9.88 Å². The first-order chi connectivity index (χ1) is 15.0. The SMILES string of the molecule is COc1ccc2ncc(F)c(CCCC3(C(=O)[O-])CN(CCSc4cccs4)C3)c2c1.[Na+]. The van der Waals surface area contributed by atoms with Gasteiger partial charge in [-0.2, -0.15) is 0 Å². The topological polar surface area (TPSA) is 65.5 Å². The molecule has 0 N–H and O–H groups in total. The average Bonchev–Trinajstić information content (AvgIpc) is 3.25. The Morgan fingerprint density at radius 2 is 2.19 bits per heavy atom. The molecule has 2 aromatic heterocycles. The Morgan fingerprint density at radius 1 is 1.38 bits per heavy atom. The summed E-state index contributed by atoms with van der Waals surface area (Å²) in [6, 6.07) is 9.50. The first-order valence-corrected chi connectivity index (χ1v) is 12.1. The first kappa shape index (κ1) is 25.5. The zero-order valence-electron chi connectivity index (χ0n) is 18.3. The molecule has 0 bridgehead atoms. The van der Waals surface area contributed by atoms with Gasteiger partial charge in [0.1, 0.15) is 11.6 Å². The number of aliphatic carboxylic acids is 1. The number of nitrogens with zero attached hydrogens (tertiary/aromatic N) is 2. The van der Waals surface area contributed by atoms with E-state index in [-0.39, 0.29) is 35.4 Å². The normalized spacial score (nSPS) is 15.2. The largest absolute Gasteiger partial charge is 1.00 e. The molecule has 1 saturated heterocycles. The summed E-state index contributed by atoms with van der Waals surface area (Å²) in [5, 5.41) is 14.6. The average molecular weight is 483 g/mol. The smallest absolute Gasteiger partial charge is 0.549 e. The van der Waals surface area contributed by atoms with Gasteiger partial charge in [-0.3, -0.25) is 4.98 Å². The van der Waals surface area contributed by atoms with Crippen LogP contribution in [0.2, 0.25) is 0 Å². The number of thioether (sulfide) groups is 1. The summed E-state index contributed by atoms with van der Waals surface area (Å²) in [7, 11) is 1.57. The molecule has 1 aliphatic rings. The van der Waals surface area contributed by atoms with Crippen LogP contribution in [0.15, 0.2) is 46.1 Å². The van der Waals surface area contributed by atoms with Crippen LogP contribution in [0.5, 0.6) is 5.75 Å². The minimum absolute atomic E-state index is 0. The van der Waals surface area contributed by atoms with E-state index in [1.807, 2.05) is 6.07 Å². The molecule has 4 rings (SSSR count). The molecule has 164 valence electrons. The van der Waals surface area contributed by atoms with E-state index in [4.69, 9.17) is 4.74 Å². The fourth-order valence-corrected chi connectivity index (χ4v) is 6.03. The van der Waals surface area contributed by atoms with E-state index < -0.39 is 11.4 Å². The number of hydrogen-bond donors (Lipinski definition) is 0. The molecule has 0 amide bonds. The number of carbonyl (C=O) groups is 1. The zero-order chi connectivity index (χ0) is 21.8. The van der Waals surface area contributed by atoms with Gasteiger partial charge in [0, 0.05) is 36.2 Å². The van der Waals surface area contributed by atoms with Gasteiger partial charge in [0.05, 0.1) is 29.0 Å². The number of fused-ring (bicyclic) bond motifs is 1. The fraction of sp³-hybridized carbons (Fsp3) is 0.391. The quantitative estimate of drug-likeness (QED) is 0.312. The van der Waals surface area contributed by atoms with E-state index in [9.17, 15) is 14.3 Å². The zero-order valence-corrected chi connectivity index (χ0v) is 21.9. The van der Waals surface area contributed by atoms with Crippen LogP contribution < -0.4 is 39.4 Å². The molecule has 32 heavy (non-hydrogen) atoms. The second-order valence-corrected chi connectivity index (χ2v) is 10.2. The number of halogens is 1. The molecular formula is C23H24FN2NaO3S2. The van der Waals surface area contributed by atoms with Gasteiger partial charge in [-0.05, 0) is 54.5 Å². The van der Waals surface area contributed by atoms with E-state index in [0.717, 1.165) is 12.3 Å². The second-order valence-electron chi connectivity index (χ2n) is 7.88. The molecule has 3 heterocycles. The number of carbonyl (C=O) groups excluding carboxylic acids is 1. The molecule has 0 unspecified atom stereocenters. The number of aryl methyl sites for hydroxylation is 1. The minimum Gasteiger partial charge on any atom is -0.549 e. The van der Waals surface area contributed by atoms with Crippen molar-refractivity contribution in [3.63, 3.8) is 0 Å². The summed E-state index contributed by atoms with van der Waals surface area (Å²) in [4.78, 5) is 18.2. The summed E-state index contributed by atoms with van der Waals surface area (Å²) in [5.41, 5.74) is 0.413. The van der Waals surface area contributed by atoms with Crippen LogP contribution >= 0.6 is 23.1 Å². The molecule has 0 saturated carbocycles. The molecule has 1 aromatic carbocycles. The van der Waals surface area contributed by atoms with Crippen molar-refractivity contribution in [3.8, 4) is 5.75 Å². The summed E-state index contributed by atoms with van der Waals surface area (Å²) in [6.07, 6.45) is 2.71. The fourth-order valence-electron chi connectivity index (χ4n) is 4.16. The molecule has 0 radical (unpaired) electrons. The van der Waals surface area contributed by atoms with Crippen molar-refractivity contribution >= 4 is 40.0 Å². The van der Waals surface area contributed by atoms with Crippen molar-refractivity contribution in [1.29, 1.82) is 0 Å². The molecule has 1 fully saturated rings. The third kappa shape index (κ3) is 5.66. The van der Waals surface area contributed by atoms with Gasteiger partial charge >= 0.3 is 29.6 Å². The van der Waals surface area contributed by atoms with Crippen molar-refractivity contribution in [2.45, 2.75) is 23.5 Å². The Hall–Kier alpha value is -1.16. The van der Waals surface area contributed by atoms with Gasteiger partial charge in [-0.25, -0.2) is 4.39 Å². The molecule has 9 heteroatoms. The van der Waals surface area contributed by atoms with Gasteiger partial charge in [-0.15, -0.1) is 23.1 Å². The number of aromatic nitrogens is 1. The maximum absolute atomic E-state index is 14.5. The summed E-state index contributed by atoms with van der Waals surface area (Å²) >= 11 is 3.51. The standard InChI is InChI=1S/C23H25FN2O3S2.Na/c1-29-16-6-7-20-18(12-16)17(19(24)13-25-20)4-2-8-23(22(27)28)14-26(15-23)9-11-31-21-5-3-10-30-21;/h3,5-7,10,12-13H,2,4,8-9,11,14-15H2,1H3,(H,27,28);/q;+1/p-1. The Labute approximate surface area is 217 Å². The van der Waals surface area contributed by atoms with Gasteiger partial charge in [-0.1, -0.05) is 6.07 Å². The number of ether oxygens (including phenoxy) is 1. The van der Waals surface area contributed by atoms with Gasteiger partial charge in [0.2, 0.25) is 0 Å². The van der Waals surface area contributed by atoms with Crippen molar-refractivity contribution < 1.29 is 48.6 Å². The summed E-state index contributed by atoms with van der Waals surface area (Å²) < 4.78 is 21.0. The number of carboxylic acid groups (broad SMARTS) is 1. The van der Waals surface area contributed by atoms with Gasteiger partial charge < -0.3 is 19.5 Å². The van der Waals surface area contributed by atoms with Crippen molar-refractivity contribution in [2.75, 3.05) is 32.5 Å². The van der Waals surface area contributed by atoms with E-state index in [0.29, 0.717) is 54.6 Å². The van der Waals surface area contributed by atoms with Gasteiger partial charge in [0.25, 0.3) is 0 Å². The number of likely N-dealkylation sites (tertiary alicyclic amines) is 1. The number of methoxy groups -OCH3 is 1. The molecular weight excluding hydrogens is 458 g/mol. The Kier molecular flexibility index (Phi) is 9.00. The third-order valence-corrected chi connectivity index (χ3v) is 7.96. The van der Waals surface area contributed by atoms with Crippen LogP contribution in [0.4, 0.5) is 4.39 Å². The molecule has 3 aromatic rings. The molecule has 0 spiro atoms. The maximum Gasteiger partial charge on any atom is 1.00 e. The number of carboxylic acids is 1. The van der Waals surface area contributed by atoms with E-state index >= 15 is 0 Å². The molecule has 0 atom stereocenters. The number of benzene rings is 1. The van der Waals surface area contributed by atoms with Crippen molar-refractivity contribution in [2.24, 2.45) is 5.41 Å². The summed E-state index contributed by atoms with van der Waals surface area (Å²) in [6.45, 7) is 1.84. The van der Waals surface area contributed by atoms with Crippen LogP contribution in [0.3, 0.4) is 0 Å². The monoisotopic (exact) mass is 482 g/mol. The van der Waals surface area contributed by atoms with Crippen LogP contribution in [-0.4, -0.2) is 48.4 Å². The van der Waals surface area contributed by atoms with Gasteiger partial charge in [0.15, 0.2) is 0 Å². The Bertz CT molecular complexity index is 1060. The summed E-state index contributed by atoms with van der Waals surface area (Å²) in [5.74, 6) is 0.197. The first-order valence-electron chi connectivity index (χ1n) is 10.2.